The molecule has 0 aromatic carbocycles. The van der Waals surface area contributed by atoms with Crippen molar-refractivity contribution >= 4 is 0 Å². The Labute approximate surface area is 113 Å². The highest BCUT2D eigenvalue weighted by atomic mass is 15.2. The molecule has 0 N–H and O–H groups in total. The topological polar surface area (TPSA) is 46.8 Å². The van der Waals surface area contributed by atoms with Crippen LogP contribution in [0.4, 0.5) is 0 Å². The zero-order valence-corrected chi connectivity index (χ0v) is 11.5. The fourth-order valence-corrected chi connectivity index (χ4v) is 2.69. The van der Waals surface area contributed by atoms with Gasteiger partial charge in [0.2, 0.25) is 0 Å². The maximum absolute atomic E-state index is 4.71. The number of hydrogen-bond donors (Lipinski definition) is 0. The van der Waals surface area contributed by atoms with Crippen molar-refractivity contribution in [3.63, 3.8) is 0 Å². The van der Waals surface area contributed by atoms with E-state index in [0.717, 1.165) is 23.4 Å². The lowest BCUT2D eigenvalue weighted by atomic mass is 10.0. The second kappa shape index (κ2) is 5.09. The monoisotopic (exact) mass is 257 g/mol. The summed E-state index contributed by atoms with van der Waals surface area (Å²) in [5.74, 6) is 0.712. The van der Waals surface area contributed by atoms with E-state index in [1.807, 2.05) is 25.6 Å². The van der Waals surface area contributed by atoms with Crippen LogP contribution in [0.25, 0.3) is 11.3 Å². The van der Waals surface area contributed by atoms with Crippen molar-refractivity contribution in [2.45, 2.75) is 12.8 Å². The van der Waals surface area contributed by atoms with E-state index in [1.165, 1.54) is 19.5 Å². The first-order valence-corrected chi connectivity index (χ1v) is 6.69. The molecule has 0 bridgehead atoms. The summed E-state index contributed by atoms with van der Waals surface area (Å²) in [6.45, 7) is 2.36. The second-order valence-electron chi connectivity index (χ2n) is 5.42. The highest BCUT2D eigenvalue weighted by Crippen LogP contribution is 2.20. The molecule has 2 aromatic heterocycles. The summed E-state index contributed by atoms with van der Waals surface area (Å²) in [5, 5.41) is 4.18. The second-order valence-corrected chi connectivity index (χ2v) is 5.42. The third kappa shape index (κ3) is 2.81. The summed E-state index contributed by atoms with van der Waals surface area (Å²) in [5.41, 5.74) is 3.03. The molecule has 0 saturated carbocycles. The van der Waals surface area contributed by atoms with Gasteiger partial charge in [0.1, 0.15) is 0 Å². The highest BCUT2D eigenvalue weighted by molar-refractivity contribution is 5.55. The van der Waals surface area contributed by atoms with Gasteiger partial charge in [-0.15, -0.1) is 0 Å². The van der Waals surface area contributed by atoms with E-state index in [0.29, 0.717) is 5.92 Å². The molecule has 100 valence electrons. The van der Waals surface area contributed by atoms with E-state index in [4.69, 9.17) is 4.98 Å². The molecule has 0 unspecified atom stereocenters. The molecule has 2 aromatic rings. The van der Waals surface area contributed by atoms with Gasteiger partial charge in [-0.1, -0.05) is 0 Å². The van der Waals surface area contributed by atoms with Gasteiger partial charge in [-0.3, -0.25) is 9.67 Å². The summed E-state index contributed by atoms with van der Waals surface area (Å²) >= 11 is 0. The van der Waals surface area contributed by atoms with Gasteiger partial charge in [-0.05, 0) is 32.4 Å². The summed E-state index contributed by atoms with van der Waals surface area (Å²) in [7, 11) is 4.09. The molecule has 3 rings (SSSR count). The molecule has 5 heteroatoms. The van der Waals surface area contributed by atoms with Crippen molar-refractivity contribution in [3.8, 4) is 11.3 Å². The lowest BCUT2D eigenvalue weighted by Gasteiger charge is -2.10. The Morgan fingerprint density at radius 1 is 1.26 bits per heavy atom. The van der Waals surface area contributed by atoms with Crippen LogP contribution in [0.2, 0.25) is 0 Å². The minimum absolute atomic E-state index is 0.712. The van der Waals surface area contributed by atoms with Crippen molar-refractivity contribution in [1.82, 2.24) is 24.6 Å². The lowest BCUT2D eigenvalue weighted by Crippen LogP contribution is -2.15. The van der Waals surface area contributed by atoms with Gasteiger partial charge >= 0.3 is 0 Å². The molecule has 19 heavy (non-hydrogen) atoms. The van der Waals surface area contributed by atoms with Crippen LogP contribution < -0.4 is 0 Å². The van der Waals surface area contributed by atoms with Crippen LogP contribution in [0.5, 0.6) is 0 Å². The zero-order chi connectivity index (χ0) is 13.2. The lowest BCUT2D eigenvalue weighted by molar-refractivity contribution is 0.393. The summed E-state index contributed by atoms with van der Waals surface area (Å²) in [6.07, 6.45) is 9.77. The predicted octanol–water partition coefficient (Wildman–Crippen LogP) is 1.37. The van der Waals surface area contributed by atoms with Gasteiger partial charge in [-0.2, -0.15) is 5.10 Å². The highest BCUT2D eigenvalue weighted by Gasteiger charge is 2.20. The van der Waals surface area contributed by atoms with Gasteiger partial charge in [0, 0.05) is 31.5 Å². The Morgan fingerprint density at radius 3 is 2.84 bits per heavy atom. The van der Waals surface area contributed by atoms with Crippen molar-refractivity contribution in [2.24, 2.45) is 13.0 Å². The van der Waals surface area contributed by atoms with Crippen LogP contribution in [0.1, 0.15) is 12.1 Å². The van der Waals surface area contributed by atoms with Crippen LogP contribution in [-0.4, -0.2) is 44.8 Å². The smallest absolute Gasteiger partial charge is 0.0920 e. The molecule has 1 aliphatic rings. The number of aryl methyl sites for hydroxylation is 1. The van der Waals surface area contributed by atoms with E-state index < -0.39 is 0 Å². The van der Waals surface area contributed by atoms with E-state index in [1.54, 1.807) is 10.9 Å². The standard InChI is InChI=1S/C14H19N5/c1-18-4-3-11(9-18)5-13-7-15-8-14(17-13)12-6-16-19(2)10-12/h6-8,10-11H,3-5,9H2,1-2H3/t11-/m0/s1. The number of rotatable bonds is 3. The molecule has 1 fully saturated rings. The van der Waals surface area contributed by atoms with Gasteiger partial charge < -0.3 is 4.90 Å². The van der Waals surface area contributed by atoms with E-state index >= 15 is 0 Å². The van der Waals surface area contributed by atoms with Gasteiger partial charge in [0.25, 0.3) is 0 Å². The third-order valence-electron chi connectivity index (χ3n) is 3.67. The van der Waals surface area contributed by atoms with Gasteiger partial charge in [-0.25, -0.2) is 4.98 Å². The molecule has 5 nitrogen and oxygen atoms in total. The minimum atomic E-state index is 0.712. The van der Waals surface area contributed by atoms with Crippen molar-refractivity contribution in [3.05, 3.63) is 30.5 Å². The van der Waals surface area contributed by atoms with Crippen LogP contribution in [0, 0.1) is 5.92 Å². The van der Waals surface area contributed by atoms with Crippen molar-refractivity contribution in [2.75, 3.05) is 20.1 Å². The number of nitrogens with zero attached hydrogens (tertiary/aromatic N) is 5. The van der Waals surface area contributed by atoms with Crippen LogP contribution in [-0.2, 0) is 13.5 Å². The Bertz CT molecular complexity index is 562. The van der Waals surface area contributed by atoms with Crippen LogP contribution in [0.15, 0.2) is 24.8 Å². The van der Waals surface area contributed by atoms with E-state index in [9.17, 15) is 0 Å². The summed E-state index contributed by atoms with van der Waals surface area (Å²) in [6, 6.07) is 0. The maximum atomic E-state index is 4.71. The number of aromatic nitrogens is 4. The normalized spacial score (nSPS) is 20.0. The molecule has 0 aliphatic carbocycles. The van der Waals surface area contributed by atoms with Crippen LogP contribution >= 0.6 is 0 Å². The molecule has 0 amide bonds. The molecule has 1 atom stereocenters. The fourth-order valence-electron chi connectivity index (χ4n) is 2.69. The molecular formula is C14H19N5. The first kappa shape index (κ1) is 12.3. The Morgan fingerprint density at radius 2 is 2.16 bits per heavy atom. The summed E-state index contributed by atoms with van der Waals surface area (Å²) in [4.78, 5) is 11.4. The maximum Gasteiger partial charge on any atom is 0.0920 e. The van der Waals surface area contributed by atoms with Gasteiger partial charge in [0.15, 0.2) is 0 Å². The Balaban J connectivity index is 1.76. The van der Waals surface area contributed by atoms with Crippen molar-refractivity contribution in [1.29, 1.82) is 0 Å². The largest absolute Gasteiger partial charge is 0.306 e. The molecule has 0 radical (unpaired) electrons. The zero-order valence-electron chi connectivity index (χ0n) is 11.5. The average molecular weight is 257 g/mol. The van der Waals surface area contributed by atoms with E-state index in [2.05, 4.69) is 22.0 Å². The van der Waals surface area contributed by atoms with E-state index in [-0.39, 0.29) is 0 Å². The van der Waals surface area contributed by atoms with Crippen LogP contribution in [0.3, 0.4) is 0 Å². The summed E-state index contributed by atoms with van der Waals surface area (Å²) < 4.78 is 1.79. The molecule has 3 heterocycles. The Kier molecular flexibility index (Phi) is 3.29. The quantitative estimate of drug-likeness (QED) is 0.833. The first-order valence-electron chi connectivity index (χ1n) is 6.69. The van der Waals surface area contributed by atoms with Crippen molar-refractivity contribution < 1.29 is 0 Å². The Hall–Kier alpha value is -1.75. The predicted molar refractivity (Wildman–Crippen MR) is 73.5 cm³/mol. The average Bonchev–Trinajstić information content (AvgIpc) is 2.99. The molecule has 0 spiro atoms. The molecular weight excluding hydrogens is 238 g/mol. The SMILES string of the molecule is CN1CC[C@@H](Cc2cncc(-c3cnn(C)c3)n2)C1. The number of hydrogen-bond acceptors (Lipinski definition) is 4. The number of likely N-dealkylation sites (tertiary alicyclic amines) is 1. The molecule has 1 aliphatic heterocycles. The molecule has 1 saturated heterocycles. The third-order valence-corrected chi connectivity index (χ3v) is 3.67. The van der Waals surface area contributed by atoms with Gasteiger partial charge in [0.05, 0.1) is 23.8 Å². The fraction of sp³-hybridized carbons (Fsp3) is 0.500. The minimum Gasteiger partial charge on any atom is -0.306 e. The first-order chi connectivity index (χ1) is 9.20.